The molecule has 2 rings (SSSR count). The molecule has 2 aromatic rings. The number of hydrogen-bond acceptors (Lipinski definition) is 6. The maximum atomic E-state index is 12.1. The number of carbonyl (C=O) groups excluding carboxylic acids is 1. The van der Waals surface area contributed by atoms with Crippen LogP contribution in [0.5, 0.6) is 0 Å². The maximum absolute atomic E-state index is 12.1. The fourth-order valence-corrected chi connectivity index (χ4v) is 2.86. The molecule has 1 heterocycles. The van der Waals surface area contributed by atoms with Gasteiger partial charge in [0, 0.05) is 23.5 Å². The minimum absolute atomic E-state index is 0.0653. The van der Waals surface area contributed by atoms with E-state index < -0.39 is 11.9 Å². The van der Waals surface area contributed by atoms with Crippen LogP contribution in [0, 0.1) is 0 Å². The number of carboxylic acids is 1. The Morgan fingerprint density at radius 1 is 1.04 bits per heavy atom. The largest absolute Gasteiger partial charge is 0.481 e. The van der Waals surface area contributed by atoms with E-state index in [1.54, 1.807) is 31.2 Å². The van der Waals surface area contributed by atoms with Gasteiger partial charge in [-0.05, 0) is 19.1 Å². The van der Waals surface area contributed by atoms with Gasteiger partial charge in [0.2, 0.25) is 5.78 Å². The number of rotatable bonds is 8. The third-order valence-corrected chi connectivity index (χ3v) is 4.53. The molecule has 136 valence electrons. The third kappa shape index (κ3) is 7.15. The van der Waals surface area contributed by atoms with Crippen LogP contribution in [0.15, 0.2) is 42.5 Å². The van der Waals surface area contributed by atoms with E-state index in [1.165, 1.54) is 11.3 Å². The van der Waals surface area contributed by atoms with Crippen LogP contribution in [-0.2, 0) is 4.79 Å². The van der Waals surface area contributed by atoms with Crippen LogP contribution in [0.25, 0.3) is 0 Å². The molecule has 0 aliphatic heterocycles. The first-order chi connectivity index (χ1) is 12.0. The Hall–Kier alpha value is -2.06. The average molecular weight is 365 g/mol. The highest BCUT2D eigenvalue weighted by molar-refractivity contribution is 7.14. The lowest BCUT2D eigenvalue weighted by Crippen LogP contribution is -2.21. The number of carboxylic acid groups (broad SMARTS) is 1. The van der Waals surface area contributed by atoms with Crippen LogP contribution in [0.4, 0.5) is 0 Å². The number of ketones is 1. The smallest absolute Gasteiger partial charge is 0.311 e. The molecule has 7 heteroatoms. The second kappa shape index (κ2) is 11.5. The minimum Gasteiger partial charge on any atom is -0.481 e. The summed E-state index contributed by atoms with van der Waals surface area (Å²) in [5, 5.41) is 28.0. The number of nitrogens with one attached hydrogen (secondary N) is 1. The van der Waals surface area contributed by atoms with E-state index in [2.05, 4.69) is 5.32 Å². The lowest BCUT2D eigenvalue weighted by molar-refractivity contribution is -0.138. The molecule has 0 amide bonds. The van der Waals surface area contributed by atoms with Crippen molar-refractivity contribution in [3.05, 3.63) is 57.8 Å². The van der Waals surface area contributed by atoms with Gasteiger partial charge in [0.1, 0.15) is 0 Å². The summed E-state index contributed by atoms with van der Waals surface area (Å²) in [5.74, 6) is -1.52. The van der Waals surface area contributed by atoms with E-state index in [0.29, 0.717) is 28.4 Å². The van der Waals surface area contributed by atoms with Crippen LogP contribution < -0.4 is 5.32 Å². The Bertz CT molecular complexity index is 652. The Morgan fingerprint density at radius 2 is 1.64 bits per heavy atom. The molecule has 0 aliphatic rings. The van der Waals surface area contributed by atoms with E-state index in [9.17, 15) is 9.59 Å². The summed E-state index contributed by atoms with van der Waals surface area (Å²) in [5.41, 5.74) is 0.619. The Balaban J connectivity index is 0.000000381. The van der Waals surface area contributed by atoms with Crippen LogP contribution in [0.2, 0.25) is 0 Å². The molecular formula is C18H23NO5S. The minimum atomic E-state index is -0.879. The van der Waals surface area contributed by atoms with Gasteiger partial charge in [0.05, 0.1) is 24.0 Å². The molecule has 1 unspecified atom stereocenters. The highest BCUT2D eigenvalue weighted by Crippen LogP contribution is 2.26. The van der Waals surface area contributed by atoms with E-state index >= 15 is 0 Å². The summed E-state index contributed by atoms with van der Waals surface area (Å²) in [4.78, 5) is 24.3. The monoisotopic (exact) mass is 365 g/mol. The van der Waals surface area contributed by atoms with Crippen molar-refractivity contribution in [1.29, 1.82) is 0 Å². The molecule has 4 N–H and O–H groups in total. The van der Waals surface area contributed by atoms with Crippen molar-refractivity contribution in [3.63, 3.8) is 0 Å². The summed E-state index contributed by atoms with van der Waals surface area (Å²) < 4.78 is 0. The molecule has 1 aromatic heterocycles. The summed E-state index contributed by atoms with van der Waals surface area (Å²) in [7, 11) is 0. The SMILES string of the molecule is CC(C(=O)O)c1ccc(C(=O)c2ccccc2)s1.OCCNCCO. The van der Waals surface area contributed by atoms with Gasteiger partial charge >= 0.3 is 5.97 Å². The number of aliphatic hydroxyl groups is 2. The summed E-state index contributed by atoms with van der Waals surface area (Å²) in [6.45, 7) is 3.03. The van der Waals surface area contributed by atoms with Crippen molar-refractivity contribution in [2.75, 3.05) is 26.3 Å². The molecule has 0 saturated carbocycles. The van der Waals surface area contributed by atoms with Gasteiger partial charge < -0.3 is 20.6 Å². The zero-order valence-corrected chi connectivity index (χ0v) is 14.8. The fraction of sp³-hybridized carbons (Fsp3) is 0.333. The van der Waals surface area contributed by atoms with Gasteiger partial charge in [-0.25, -0.2) is 0 Å². The van der Waals surface area contributed by atoms with Gasteiger partial charge in [-0.3, -0.25) is 9.59 Å². The van der Waals surface area contributed by atoms with Crippen molar-refractivity contribution >= 4 is 23.1 Å². The Labute approximate surface area is 150 Å². The molecule has 6 nitrogen and oxygen atoms in total. The fourth-order valence-electron chi connectivity index (χ4n) is 1.84. The van der Waals surface area contributed by atoms with Crippen molar-refractivity contribution in [2.24, 2.45) is 0 Å². The molecule has 0 saturated heterocycles. The third-order valence-electron chi connectivity index (χ3n) is 3.26. The second-order valence-electron chi connectivity index (χ2n) is 5.15. The predicted octanol–water partition coefficient (Wildman–Crippen LogP) is 1.73. The van der Waals surface area contributed by atoms with Gasteiger partial charge in [0.15, 0.2) is 0 Å². The summed E-state index contributed by atoms with van der Waals surface area (Å²) >= 11 is 1.24. The lowest BCUT2D eigenvalue weighted by Gasteiger charge is -2.01. The Kier molecular flexibility index (Phi) is 9.64. The Morgan fingerprint density at radius 3 is 2.16 bits per heavy atom. The lowest BCUT2D eigenvalue weighted by atomic mass is 10.1. The quantitative estimate of drug-likeness (QED) is 0.419. The molecule has 1 aromatic carbocycles. The number of benzene rings is 1. The predicted molar refractivity (Wildman–Crippen MR) is 97.3 cm³/mol. The summed E-state index contributed by atoms with van der Waals surface area (Å²) in [6, 6.07) is 12.4. The normalized spacial score (nSPS) is 11.3. The molecule has 25 heavy (non-hydrogen) atoms. The van der Waals surface area contributed by atoms with E-state index in [0.717, 1.165) is 0 Å². The summed E-state index contributed by atoms with van der Waals surface area (Å²) in [6.07, 6.45) is 0. The van der Waals surface area contributed by atoms with Crippen molar-refractivity contribution in [2.45, 2.75) is 12.8 Å². The van der Waals surface area contributed by atoms with E-state index in [-0.39, 0.29) is 19.0 Å². The van der Waals surface area contributed by atoms with Crippen LogP contribution in [0.3, 0.4) is 0 Å². The zero-order chi connectivity index (χ0) is 18.7. The van der Waals surface area contributed by atoms with E-state index in [1.807, 2.05) is 18.2 Å². The number of thiophene rings is 1. The number of hydrogen-bond donors (Lipinski definition) is 4. The molecule has 0 radical (unpaired) electrons. The van der Waals surface area contributed by atoms with Gasteiger partial charge in [-0.2, -0.15) is 0 Å². The standard InChI is InChI=1S/C14H12O3S.C4H11NO2/c1-9(14(16)17)11-7-8-12(18-11)13(15)10-5-3-2-4-6-10;6-3-1-5-2-4-7/h2-9H,1H3,(H,16,17);5-7H,1-4H2. The van der Waals surface area contributed by atoms with Crippen LogP contribution >= 0.6 is 11.3 Å². The topological polar surface area (TPSA) is 107 Å². The highest BCUT2D eigenvalue weighted by Gasteiger charge is 2.18. The van der Waals surface area contributed by atoms with Crippen molar-refractivity contribution in [1.82, 2.24) is 5.32 Å². The van der Waals surface area contributed by atoms with Gasteiger partial charge in [-0.1, -0.05) is 30.3 Å². The molecular weight excluding hydrogens is 342 g/mol. The first kappa shape index (κ1) is 21.0. The highest BCUT2D eigenvalue weighted by atomic mass is 32.1. The van der Waals surface area contributed by atoms with Gasteiger partial charge in [-0.15, -0.1) is 11.3 Å². The van der Waals surface area contributed by atoms with E-state index in [4.69, 9.17) is 15.3 Å². The van der Waals surface area contributed by atoms with Crippen LogP contribution in [-0.4, -0.2) is 53.4 Å². The molecule has 0 bridgehead atoms. The van der Waals surface area contributed by atoms with Crippen LogP contribution in [0.1, 0.15) is 33.0 Å². The molecule has 1 atom stereocenters. The zero-order valence-electron chi connectivity index (χ0n) is 14.0. The molecule has 0 fully saturated rings. The molecule has 0 spiro atoms. The number of aliphatic hydroxyl groups excluding tert-OH is 2. The maximum Gasteiger partial charge on any atom is 0.311 e. The van der Waals surface area contributed by atoms with Crippen molar-refractivity contribution < 1.29 is 24.9 Å². The van der Waals surface area contributed by atoms with Crippen molar-refractivity contribution in [3.8, 4) is 0 Å². The number of aliphatic carboxylic acids is 1. The first-order valence-electron chi connectivity index (χ1n) is 7.86. The second-order valence-corrected chi connectivity index (χ2v) is 6.27. The number of carbonyl (C=O) groups is 2. The molecule has 0 aliphatic carbocycles. The van der Waals surface area contributed by atoms with Gasteiger partial charge in [0.25, 0.3) is 0 Å². The first-order valence-corrected chi connectivity index (χ1v) is 8.67. The average Bonchev–Trinajstić information content (AvgIpc) is 3.12.